The van der Waals surface area contributed by atoms with E-state index in [1.54, 1.807) is 31.4 Å². The van der Waals surface area contributed by atoms with Gasteiger partial charge in [-0.2, -0.15) is 0 Å². The molecule has 2 aromatic rings. The van der Waals surface area contributed by atoms with Gasteiger partial charge in [0.25, 0.3) is 5.91 Å². The van der Waals surface area contributed by atoms with Crippen LogP contribution in [0.1, 0.15) is 12.5 Å². The van der Waals surface area contributed by atoms with Gasteiger partial charge in [0.05, 0.1) is 7.11 Å². The Labute approximate surface area is 146 Å². The second-order valence-corrected chi connectivity index (χ2v) is 5.32. The molecule has 0 spiro atoms. The van der Waals surface area contributed by atoms with E-state index >= 15 is 0 Å². The van der Waals surface area contributed by atoms with Crippen molar-refractivity contribution < 1.29 is 23.7 Å². The lowest BCUT2D eigenvalue weighted by Gasteiger charge is -2.11. The number of amides is 1. The summed E-state index contributed by atoms with van der Waals surface area (Å²) in [5.74, 6) is 2.08. The summed E-state index contributed by atoms with van der Waals surface area (Å²) in [5.41, 5.74) is 1.62. The van der Waals surface area contributed by atoms with Crippen molar-refractivity contribution in [3.05, 3.63) is 48.0 Å². The maximum atomic E-state index is 12.1. The molecule has 1 aliphatic heterocycles. The number of benzene rings is 2. The molecule has 130 valence electrons. The molecule has 0 radical (unpaired) electrons. The Morgan fingerprint density at radius 1 is 1.16 bits per heavy atom. The minimum absolute atomic E-state index is 0.131. The highest BCUT2D eigenvalue weighted by molar-refractivity contribution is 5.92. The Bertz CT molecular complexity index is 800. The molecule has 0 aromatic heterocycles. The monoisotopic (exact) mass is 341 g/mol. The van der Waals surface area contributed by atoms with Crippen molar-refractivity contribution in [1.82, 2.24) is 0 Å². The molecule has 1 amide bonds. The number of nitrogens with one attached hydrogen (secondary N) is 1. The fourth-order valence-electron chi connectivity index (χ4n) is 2.41. The zero-order valence-electron chi connectivity index (χ0n) is 14.1. The van der Waals surface area contributed by atoms with Gasteiger partial charge in [0, 0.05) is 11.8 Å². The summed E-state index contributed by atoms with van der Waals surface area (Å²) in [6, 6.07) is 10.7. The zero-order valence-corrected chi connectivity index (χ0v) is 14.1. The van der Waals surface area contributed by atoms with Crippen LogP contribution in [-0.2, 0) is 4.79 Å². The van der Waals surface area contributed by atoms with Crippen LogP contribution in [0.3, 0.4) is 0 Å². The zero-order chi connectivity index (χ0) is 17.6. The fraction of sp³-hybridized carbons (Fsp3) is 0.211. The molecule has 1 N–H and O–H groups in total. The van der Waals surface area contributed by atoms with Gasteiger partial charge in [-0.1, -0.05) is 18.2 Å². The van der Waals surface area contributed by atoms with Gasteiger partial charge < -0.3 is 24.3 Å². The Kier molecular flexibility index (Phi) is 5.09. The first kappa shape index (κ1) is 16.7. The van der Waals surface area contributed by atoms with Crippen LogP contribution in [0.2, 0.25) is 0 Å². The molecule has 0 unspecified atom stereocenters. The lowest BCUT2D eigenvalue weighted by atomic mass is 10.2. The summed E-state index contributed by atoms with van der Waals surface area (Å²) in [6.07, 6.45) is 3.90. The molecule has 1 heterocycles. The number of methoxy groups -OCH3 is 1. The Morgan fingerprint density at radius 3 is 2.80 bits per heavy atom. The van der Waals surface area contributed by atoms with E-state index < -0.39 is 0 Å². The Hall–Kier alpha value is -3.15. The van der Waals surface area contributed by atoms with Crippen LogP contribution in [0.4, 0.5) is 5.69 Å². The maximum Gasteiger partial charge on any atom is 0.262 e. The molecule has 0 aliphatic carbocycles. The number of fused-ring (bicyclic) bond motifs is 1. The van der Waals surface area contributed by atoms with Crippen molar-refractivity contribution >= 4 is 17.7 Å². The maximum absolute atomic E-state index is 12.1. The van der Waals surface area contributed by atoms with Gasteiger partial charge in [0.2, 0.25) is 6.79 Å². The summed E-state index contributed by atoms with van der Waals surface area (Å²) in [6.45, 7) is 2.00. The van der Waals surface area contributed by atoms with Gasteiger partial charge in [-0.25, -0.2) is 0 Å². The van der Waals surface area contributed by atoms with Crippen LogP contribution in [0, 0.1) is 0 Å². The SMILES string of the molecule is CC=Cc1ccc(OCC(=O)Nc2ccc3c(c2)OCO3)c(OC)c1. The predicted octanol–water partition coefficient (Wildman–Crippen LogP) is 3.47. The number of allylic oxidation sites excluding steroid dienone is 1. The molecule has 1 aliphatic rings. The van der Waals surface area contributed by atoms with E-state index in [4.69, 9.17) is 18.9 Å². The van der Waals surface area contributed by atoms with E-state index in [-0.39, 0.29) is 19.3 Å². The van der Waals surface area contributed by atoms with Gasteiger partial charge in [0.15, 0.2) is 29.6 Å². The van der Waals surface area contributed by atoms with Crippen LogP contribution in [-0.4, -0.2) is 26.4 Å². The van der Waals surface area contributed by atoms with E-state index in [0.29, 0.717) is 28.7 Å². The second-order valence-electron chi connectivity index (χ2n) is 5.32. The largest absolute Gasteiger partial charge is 0.493 e. The van der Waals surface area contributed by atoms with E-state index in [1.165, 1.54) is 0 Å². The van der Waals surface area contributed by atoms with E-state index in [2.05, 4.69) is 5.32 Å². The predicted molar refractivity (Wildman–Crippen MR) is 94.4 cm³/mol. The van der Waals surface area contributed by atoms with Crippen molar-refractivity contribution in [2.45, 2.75) is 6.92 Å². The van der Waals surface area contributed by atoms with Crippen molar-refractivity contribution in [1.29, 1.82) is 0 Å². The highest BCUT2D eigenvalue weighted by atomic mass is 16.7. The molecule has 3 rings (SSSR count). The topological polar surface area (TPSA) is 66.0 Å². The van der Waals surface area contributed by atoms with Crippen molar-refractivity contribution in [2.24, 2.45) is 0 Å². The lowest BCUT2D eigenvalue weighted by molar-refractivity contribution is -0.118. The molecule has 2 aromatic carbocycles. The average Bonchev–Trinajstić information content (AvgIpc) is 3.08. The number of carbonyl (C=O) groups is 1. The van der Waals surface area contributed by atoms with Crippen LogP contribution in [0.15, 0.2) is 42.5 Å². The molecular formula is C19H19NO5. The summed E-state index contributed by atoms with van der Waals surface area (Å²) in [5, 5.41) is 2.76. The molecule has 0 saturated heterocycles. The highest BCUT2D eigenvalue weighted by Crippen LogP contribution is 2.34. The van der Waals surface area contributed by atoms with E-state index in [0.717, 1.165) is 5.56 Å². The van der Waals surface area contributed by atoms with Gasteiger partial charge in [-0.3, -0.25) is 4.79 Å². The number of hydrogen-bond donors (Lipinski definition) is 1. The minimum Gasteiger partial charge on any atom is -0.493 e. The molecule has 6 nitrogen and oxygen atoms in total. The third-order valence-electron chi connectivity index (χ3n) is 3.56. The first-order valence-electron chi connectivity index (χ1n) is 7.82. The number of rotatable bonds is 6. The standard InChI is InChI=1S/C19H19NO5/c1-3-4-13-5-7-15(17(9-13)22-2)23-11-19(21)20-14-6-8-16-18(10-14)25-12-24-16/h3-10H,11-12H2,1-2H3,(H,20,21). The molecule has 0 fully saturated rings. The summed E-state index contributed by atoms with van der Waals surface area (Å²) in [4.78, 5) is 12.1. The number of hydrogen-bond acceptors (Lipinski definition) is 5. The van der Waals surface area contributed by atoms with Crippen molar-refractivity contribution in [3.63, 3.8) is 0 Å². The second kappa shape index (κ2) is 7.61. The summed E-state index contributed by atoms with van der Waals surface area (Å²) in [7, 11) is 1.56. The Balaban J connectivity index is 1.60. The molecule has 25 heavy (non-hydrogen) atoms. The Morgan fingerprint density at radius 2 is 2.00 bits per heavy atom. The molecule has 0 bridgehead atoms. The van der Waals surface area contributed by atoms with Crippen LogP contribution >= 0.6 is 0 Å². The fourth-order valence-corrected chi connectivity index (χ4v) is 2.41. The number of anilines is 1. The minimum atomic E-state index is -0.279. The van der Waals surface area contributed by atoms with Crippen LogP contribution in [0.5, 0.6) is 23.0 Å². The van der Waals surface area contributed by atoms with E-state index in [9.17, 15) is 4.79 Å². The van der Waals surface area contributed by atoms with Crippen LogP contribution in [0.25, 0.3) is 6.08 Å². The average molecular weight is 341 g/mol. The first-order valence-corrected chi connectivity index (χ1v) is 7.82. The summed E-state index contributed by atoms with van der Waals surface area (Å²) < 4.78 is 21.4. The molecule has 0 atom stereocenters. The number of carbonyl (C=O) groups excluding carboxylic acids is 1. The smallest absolute Gasteiger partial charge is 0.262 e. The molecule has 0 saturated carbocycles. The molecular weight excluding hydrogens is 322 g/mol. The first-order chi connectivity index (χ1) is 12.2. The quantitative estimate of drug-likeness (QED) is 0.871. The van der Waals surface area contributed by atoms with Crippen molar-refractivity contribution in [2.75, 3.05) is 25.8 Å². The lowest BCUT2D eigenvalue weighted by Crippen LogP contribution is -2.20. The van der Waals surface area contributed by atoms with Gasteiger partial charge in [0.1, 0.15) is 0 Å². The summed E-state index contributed by atoms with van der Waals surface area (Å²) >= 11 is 0. The highest BCUT2D eigenvalue weighted by Gasteiger charge is 2.14. The van der Waals surface area contributed by atoms with E-state index in [1.807, 2.05) is 31.2 Å². The third kappa shape index (κ3) is 4.03. The van der Waals surface area contributed by atoms with Crippen LogP contribution < -0.4 is 24.3 Å². The molecule has 6 heteroatoms. The van der Waals surface area contributed by atoms with Gasteiger partial charge in [-0.05, 0) is 36.8 Å². The van der Waals surface area contributed by atoms with Gasteiger partial charge in [-0.15, -0.1) is 0 Å². The van der Waals surface area contributed by atoms with Crippen molar-refractivity contribution in [3.8, 4) is 23.0 Å². The third-order valence-corrected chi connectivity index (χ3v) is 3.56. The van der Waals surface area contributed by atoms with Gasteiger partial charge >= 0.3 is 0 Å². The normalized spacial score (nSPS) is 12.2. The number of ether oxygens (including phenoxy) is 4.